The van der Waals surface area contributed by atoms with Crippen LogP contribution in [-0.2, 0) is 0 Å². The lowest BCUT2D eigenvalue weighted by Crippen LogP contribution is -2.37. The van der Waals surface area contributed by atoms with Crippen LogP contribution in [0, 0.1) is 5.92 Å². The maximum Gasteiger partial charge on any atom is 0.321 e. The van der Waals surface area contributed by atoms with Crippen molar-refractivity contribution in [2.24, 2.45) is 5.92 Å². The van der Waals surface area contributed by atoms with Gasteiger partial charge in [-0.2, -0.15) is 0 Å². The third kappa shape index (κ3) is 4.37. The smallest absolute Gasteiger partial charge is 0.321 e. The van der Waals surface area contributed by atoms with E-state index in [0.29, 0.717) is 13.1 Å². The Morgan fingerprint density at radius 2 is 2.14 bits per heavy atom. The average molecular weight is 305 g/mol. The van der Waals surface area contributed by atoms with Gasteiger partial charge in [-0.05, 0) is 43.9 Å². The topological polar surface area (TPSA) is 55.8 Å². The van der Waals surface area contributed by atoms with Crippen molar-refractivity contribution in [3.8, 4) is 0 Å². The highest BCUT2D eigenvalue weighted by atomic mass is 16.3. The highest BCUT2D eigenvalue weighted by Gasteiger charge is 2.17. The molecule has 0 unspecified atom stereocenters. The predicted molar refractivity (Wildman–Crippen MR) is 90.4 cm³/mol. The number of nitrogens with one attached hydrogen (secondary N) is 1. The molecule has 2 amide bonds. The lowest BCUT2D eigenvalue weighted by molar-refractivity contribution is 0.192. The van der Waals surface area contributed by atoms with Gasteiger partial charge in [0.2, 0.25) is 0 Å². The molecule has 122 valence electrons. The van der Waals surface area contributed by atoms with Crippen LogP contribution in [0.2, 0.25) is 0 Å². The molecular weight excluding hydrogens is 278 g/mol. The number of hydrogen-bond acceptors (Lipinski definition) is 3. The molecule has 0 radical (unpaired) electrons. The number of benzene rings is 1. The van der Waals surface area contributed by atoms with Crippen molar-refractivity contribution in [2.45, 2.75) is 26.7 Å². The first kappa shape index (κ1) is 16.6. The van der Waals surface area contributed by atoms with Gasteiger partial charge in [0.1, 0.15) is 0 Å². The van der Waals surface area contributed by atoms with E-state index in [1.54, 1.807) is 4.90 Å². The van der Waals surface area contributed by atoms with E-state index < -0.39 is 0 Å². The minimum atomic E-state index is -0.166. The minimum Gasteiger partial charge on any atom is -0.395 e. The number of carbonyl (C=O) groups is 1. The number of likely N-dealkylation sites (N-methyl/N-ethyl adjacent to an activating group) is 1. The molecule has 0 aromatic heterocycles. The van der Waals surface area contributed by atoms with Crippen LogP contribution in [0.1, 0.15) is 26.7 Å². The van der Waals surface area contributed by atoms with E-state index in [1.165, 1.54) is 12.8 Å². The molecule has 0 spiro atoms. The van der Waals surface area contributed by atoms with Gasteiger partial charge < -0.3 is 20.2 Å². The summed E-state index contributed by atoms with van der Waals surface area (Å²) in [5.74, 6) is 0.802. The Bertz CT molecular complexity index is 485. The zero-order valence-electron chi connectivity index (χ0n) is 13.6. The van der Waals surface area contributed by atoms with Crippen LogP contribution >= 0.6 is 0 Å². The zero-order valence-corrected chi connectivity index (χ0v) is 13.6. The number of urea groups is 1. The molecule has 0 bridgehead atoms. The molecule has 0 aliphatic carbocycles. The van der Waals surface area contributed by atoms with E-state index in [2.05, 4.69) is 23.2 Å². The second-order valence-corrected chi connectivity index (χ2v) is 5.95. The van der Waals surface area contributed by atoms with Crippen LogP contribution in [0.5, 0.6) is 0 Å². The fourth-order valence-electron chi connectivity index (χ4n) is 2.77. The summed E-state index contributed by atoms with van der Waals surface area (Å²) in [5, 5.41) is 11.9. The summed E-state index contributed by atoms with van der Waals surface area (Å²) in [6.07, 6.45) is 2.44. The molecule has 22 heavy (non-hydrogen) atoms. The van der Waals surface area contributed by atoms with Crippen molar-refractivity contribution in [2.75, 3.05) is 43.0 Å². The summed E-state index contributed by atoms with van der Waals surface area (Å²) in [6, 6.07) is 7.84. The normalized spacial score (nSPS) is 15.7. The van der Waals surface area contributed by atoms with Gasteiger partial charge in [-0.3, -0.25) is 0 Å². The molecule has 0 saturated carbocycles. The first-order valence-electron chi connectivity index (χ1n) is 8.15. The number of aliphatic hydroxyl groups excluding tert-OH is 1. The number of rotatable bonds is 5. The first-order valence-corrected chi connectivity index (χ1v) is 8.15. The maximum absolute atomic E-state index is 12.2. The Morgan fingerprint density at radius 3 is 2.77 bits per heavy atom. The number of piperidine rings is 1. The largest absolute Gasteiger partial charge is 0.395 e. The molecule has 1 aliphatic heterocycles. The quantitative estimate of drug-likeness (QED) is 0.879. The van der Waals surface area contributed by atoms with Crippen molar-refractivity contribution in [3.05, 3.63) is 24.3 Å². The number of amides is 2. The second-order valence-electron chi connectivity index (χ2n) is 5.95. The second kappa shape index (κ2) is 8.03. The Hall–Kier alpha value is -1.75. The van der Waals surface area contributed by atoms with Gasteiger partial charge in [-0.25, -0.2) is 4.79 Å². The lowest BCUT2D eigenvalue weighted by atomic mass is 9.99. The van der Waals surface area contributed by atoms with Crippen molar-refractivity contribution in [1.29, 1.82) is 0 Å². The summed E-state index contributed by atoms with van der Waals surface area (Å²) < 4.78 is 0. The fourth-order valence-corrected chi connectivity index (χ4v) is 2.77. The number of anilines is 2. The van der Waals surface area contributed by atoms with E-state index in [-0.39, 0.29) is 12.6 Å². The molecule has 5 nitrogen and oxygen atoms in total. The molecule has 2 rings (SSSR count). The van der Waals surface area contributed by atoms with Gasteiger partial charge in [0, 0.05) is 37.6 Å². The fraction of sp³-hybridized carbons (Fsp3) is 0.588. The van der Waals surface area contributed by atoms with E-state index in [4.69, 9.17) is 5.11 Å². The van der Waals surface area contributed by atoms with Gasteiger partial charge in [0.15, 0.2) is 0 Å². The minimum absolute atomic E-state index is 0.0206. The molecule has 0 atom stereocenters. The van der Waals surface area contributed by atoms with Crippen LogP contribution in [-0.4, -0.2) is 48.8 Å². The highest BCUT2D eigenvalue weighted by Crippen LogP contribution is 2.25. The van der Waals surface area contributed by atoms with Crippen molar-refractivity contribution >= 4 is 17.4 Å². The van der Waals surface area contributed by atoms with Gasteiger partial charge >= 0.3 is 6.03 Å². The zero-order chi connectivity index (χ0) is 15.9. The lowest BCUT2D eigenvalue weighted by Gasteiger charge is -2.32. The highest BCUT2D eigenvalue weighted by molar-refractivity contribution is 5.89. The number of aliphatic hydroxyl groups is 1. The summed E-state index contributed by atoms with van der Waals surface area (Å²) in [6.45, 7) is 7.26. The molecule has 1 aliphatic rings. The summed E-state index contributed by atoms with van der Waals surface area (Å²) in [7, 11) is 0. The third-order valence-corrected chi connectivity index (χ3v) is 4.29. The number of hydrogen-bond donors (Lipinski definition) is 2. The van der Waals surface area contributed by atoms with Crippen molar-refractivity contribution in [3.63, 3.8) is 0 Å². The van der Waals surface area contributed by atoms with Crippen LogP contribution in [0.25, 0.3) is 0 Å². The average Bonchev–Trinajstić information content (AvgIpc) is 2.53. The predicted octanol–water partition coefficient (Wildman–Crippen LogP) is 2.77. The Balaban J connectivity index is 2.00. The Morgan fingerprint density at radius 1 is 1.41 bits per heavy atom. The number of nitrogens with zero attached hydrogens (tertiary/aromatic N) is 2. The first-order chi connectivity index (χ1) is 10.6. The number of carbonyl (C=O) groups excluding carboxylic acids is 1. The Labute approximate surface area is 132 Å². The molecule has 2 N–H and O–H groups in total. The standard InChI is InChI=1S/C17H27N3O2/c1-3-19(11-12-21)17(22)18-15-5-4-6-16(13-15)20-9-7-14(2)8-10-20/h4-6,13-14,21H,3,7-12H2,1-2H3,(H,18,22). The van der Waals surface area contributed by atoms with E-state index >= 15 is 0 Å². The molecule has 5 heteroatoms. The Kier molecular flexibility index (Phi) is 6.07. The van der Waals surface area contributed by atoms with Crippen LogP contribution in [0.15, 0.2) is 24.3 Å². The molecule has 1 aromatic carbocycles. The van der Waals surface area contributed by atoms with Crippen LogP contribution in [0.3, 0.4) is 0 Å². The van der Waals surface area contributed by atoms with E-state index in [0.717, 1.165) is 30.4 Å². The molecule has 1 heterocycles. The van der Waals surface area contributed by atoms with Crippen molar-refractivity contribution < 1.29 is 9.90 Å². The molecular formula is C17H27N3O2. The van der Waals surface area contributed by atoms with Crippen LogP contribution < -0.4 is 10.2 Å². The van der Waals surface area contributed by atoms with Crippen molar-refractivity contribution in [1.82, 2.24) is 4.90 Å². The SMILES string of the molecule is CCN(CCO)C(=O)Nc1cccc(N2CCC(C)CC2)c1. The third-order valence-electron chi connectivity index (χ3n) is 4.29. The van der Waals surface area contributed by atoms with Gasteiger partial charge in [0.05, 0.1) is 6.61 Å². The van der Waals surface area contributed by atoms with Gasteiger partial charge in [-0.1, -0.05) is 13.0 Å². The van der Waals surface area contributed by atoms with Crippen LogP contribution in [0.4, 0.5) is 16.2 Å². The summed E-state index contributed by atoms with van der Waals surface area (Å²) >= 11 is 0. The monoisotopic (exact) mass is 305 g/mol. The van der Waals surface area contributed by atoms with Gasteiger partial charge in [-0.15, -0.1) is 0 Å². The van der Waals surface area contributed by atoms with E-state index in [1.807, 2.05) is 25.1 Å². The molecule has 1 saturated heterocycles. The summed E-state index contributed by atoms with van der Waals surface area (Å²) in [4.78, 5) is 16.1. The molecule has 1 fully saturated rings. The summed E-state index contributed by atoms with van der Waals surface area (Å²) in [5.41, 5.74) is 1.97. The maximum atomic E-state index is 12.2. The van der Waals surface area contributed by atoms with Gasteiger partial charge in [0.25, 0.3) is 0 Å². The molecule has 1 aromatic rings. The van der Waals surface area contributed by atoms with E-state index in [9.17, 15) is 4.79 Å².